The van der Waals surface area contributed by atoms with Crippen LogP contribution in [0.3, 0.4) is 0 Å². The lowest BCUT2D eigenvalue weighted by Gasteiger charge is -2.34. The number of nitrogen functional groups attached to an aromatic ring is 1. The van der Waals surface area contributed by atoms with Gasteiger partial charge in [-0.05, 0) is 59.7 Å². The Morgan fingerprint density at radius 3 is 2.29 bits per heavy atom. The number of aromatic nitrogens is 1. The molecule has 1 aliphatic heterocycles. The minimum absolute atomic E-state index is 0.0396. The predicted octanol–water partition coefficient (Wildman–Crippen LogP) is 3.54. The summed E-state index contributed by atoms with van der Waals surface area (Å²) in [5.74, 6) is -1.50. The normalized spacial score (nSPS) is 15.8. The Labute approximate surface area is 286 Å². The molecule has 2 heterocycles. The second kappa shape index (κ2) is 15.9. The van der Waals surface area contributed by atoms with Crippen molar-refractivity contribution in [3.05, 3.63) is 89.2 Å². The number of sulfonamides is 1. The molecule has 1 unspecified atom stereocenters. The van der Waals surface area contributed by atoms with Gasteiger partial charge in [-0.3, -0.25) is 19.5 Å². The van der Waals surface area contributed by atoms with Crippen LogP contribution in [0, 0.1) is 11.8 Å². The summed E-state index contributed by atoms with van der Waals surface area (Å²) in [6.45, 7) is 6.75. The molecule has 12 nitrogen and oxygen atoms in total. The highest BCUT2D eigenvalue weighted by atomic mass is 35.5. The summed E-state index contributed by atoms with van der Waals surface area (Å²) in [7, 11) is -4.13. The van der Waals surface area contributed by atoms with Crippen molar-refractivity contribution in [1.29, 1.82) is 0 Å². The summed E-state index contributed by atoms with van der Waals surface area (Å²) < 4.78 is 28.8. The van der Waals surface area contributed by atoms with Crippen molar-refractivity contribution in [2.45, 2.75) is 63.7 Å². The van der Waals surface area contributed by atoms with E-state index in [9.17, 15) is 27.9 Å². The van der Waals surface area contributed by atoms with Crippen LogP contribution < -0.4 is 11.1 Å². The number of rotatable bonds is 15. The zero-order valence-electron chi connectivity index (χ0n) is 27.5. The molecule has 4 N–H and O–H groups in total. The van der Waals surface area contributed by atoms with E-state index in [-0.39, 0.29) is 54.1 Å². The number of imide groups is 1. The molecule has 258 valence electrons. The van der Waals surface area contributed by atoms with E-state index >= 15 is 0 Å². The van der Waals surface area contributed by atoms with Gasteiger partial charge in [-0.15, -0.1) is 0 Å². The maximum Gasteiger partial charge on any atom is 0.328 e. The zero-order chi connectivity index (χ0) is 35.2. The van der Waals surface area contributed by atoms with E-state index in [2.05, 4.69) is 10.3 Å². The lowest BCUT2D eigenvalue weighted by atomic mass is 9.97. The predicted molar refractivity (Wildman–Crippen MR) is 183 cm³/mol. The first-order chi connectivity index (χ1) is 22.7. The van der Waals surface area contributed by atoms with Crippen LogP contribution in [0.5, 0.6) is 0 Å². The summed E-state index contributed by atoms with van der Waals surface area (Å²) in [6.07, 6.45) is 1.95. The Hall–Kier alpha value is -4.04. The Morgan fingerprint density at radius 1 is 1.02 bits per heavy atom. The number of benzene rings is 2. The van der Waals surface area contributed by atoms with Crippen molar-refractivity contribution < 1.29 is 27.9 Å². The molecule has 0 radical (unpaired) electrons. The minimum Gasteiger partial charge on any atom is -0.397 e. The third kappa shape index (κ3) is 8.90. The van der Waals surface area contributed by atoms with Gasteiger partial charge in [0.05, 0.1) is 34.3 Å². The molecule has 0 bridgehead atoms. The third-order valence-electron chi connectivity index (χ3n) is 8.06. The van der Waals surface area contributed by atoms with Gasteiger partial charge in [0.2, 0.25) is 15.9 Å². The molecule has 0 spiro atoms. The Bertz CT molecular complexity index is 1690. The highest BCUT2D eigenvalue weighted by molar-refractivity contribution is 7.89. The molecule has 4 amide bonds. The smallest absolute Gasteiger partial charge is 0.328 e. The maximum absolute atomic E-state index is 14.0. The molecule has 3 atom stereocenters. The molecule has 1 aliphatic rings. The van der Waals surface area contributed by atoms with E-state index in [1.54, 1.807) is 38.4 Å². The van der Waals surface area contributed by atoms with Gasteiger partial charge in [0.1, 0.15) is 12.6 Å². The second-order valence-electron chi connectivity index (χ2n) is 12.7. The summed E-state index contributed by atoms with van der Waals surface area (Å²) in [4.78, 5) is 46.8. The molecule has 1 saturated heterocycles. The average molecular weight is 699 g/mol. The SMILES string of the molecule is CC(C)CN(C[C@@H](O)[C@H](Cc1ccccc1)NC(=O)C(C(C)C)N1CC(=O)N(Cc2ccncc2)C1=O)S(=O)(=O)c1ccc(Cl)c(N)c1. The van der Waals surface area contributed by atoms with Gasteiger partial charge in [0.15, 0.2) is 0 Å². The number of nitrogens with zero attached hydrogens (tertiary/aromatic N) is 4. The molecule has 0 aliphatic carbocycles. The fourth-order valence-electron chi connectivity index (χ4n) is 5.67. The summed E-state index contributed by atoms with van der Waals surface area (Å²) in [5.41, 5.74) is 7.52. The topological polar surface area (TPSA) is 166 Å². The molecule has 4 rings (SSSR count). The van der Waals surface area contributed by atoms with Crippen LogP contribution in [0.15, 0.2) is 78.0 Å². The van der Waals surface area contributed by atoms with Gasteiger partial charge in [-0.2, -0.15) is 4.31 Å². The number of hydrogen-bond acceptors (Lipinski definition) is 8. The van der Waals surface area contributed by atoms with Gasteiger partial charge in [0.25, 0.3) is 5.91 Å². The van der Waals surface area contributed by atoms with E-state index in [1.165, 1.54) is 27.4 Å². The number of nitrogens with one attached hydrogen (secondary N) is 1. The number of urea groups is 1. The average Bonchev–Trinajstić information content (AvgIpc) is 3.30. The van der Waals surface area contributed by atoms with Crippen molar-refractivity contribution >= 4 is 45.2 Å². The first kappa shape index (κ1) is 36.8. The number of pyridine rings is 1. The summed E-state index contributed by atoms with van der Waals surface area (Å²) in [5, 5.41) is 14.8. The zero-order valence-corrected chi connectivity index (χ0v) is 29.1. The Kier molecular flexibility index (Phi) is 12.2. The van der Waals surface area contributed by atoms with Crippen molar-refractivity contribution in [3.8, 4) is 0 Å². The van der Waals surface area contributed by atoms with Crippen LogP contribution in [0.4, 0.5) is 10.5 Å². The van der Waals surface area contributed by atoms with Crippen LogP contribution in [-0.4, -0.2) is 88.3 Å². The number of carbonyl (C=O) groups is 3. The molecule has 48 heavy (non-hydrogen) atoms. The highest BCUT2D eigenvalue weighted by Gasteiger charge is 2.44. The van der Waals surface area contributed by atoms with E-state index in [0.29, 0.717) is 5.56 Å². The number of hydrogen-bond donors (Lipinski definition) is 3. The van der Waals surface area contributed by atoms with Crippen LogP contribution in [0.2, 0.25) is 5.02 Å². The number of anilines is 1. The molecule has 3 aromatic rings. The highest BCUT2D eigenvalue weighted by Crippen LogP contribution is 2.26. The lowest BCUT2D eigenvalue weighted by Crippen LogP contribution is -2.57. The fourth-order valence-corrected chi connectivity index (χ4v) is 7.45. The van der Waals surface area contributed by atoms with Crippen LogP contribution in [0.25, 0.3) is 0 Å². The van der Waals surface area contributed by atoms with Gasteiger partial charge in [-0.25, -0.2) is 13.2 Å². The number of aliphatic hydroxyl groups excluding tert-OH is 1. The second-order valence-corrected chi connectivity index (χ2v) is 15.1. The van der Waals surface area contributed by atoms with E-state index in [0.717, 1.165) is 10.5 Å². The van der Waals surface area contributed by atoms with Gasteiger partial charge >= 0.3 is 6.03 Å². The molecule has 1 aromatic heterocycles. The molecular weight excluding hydrogens is 656 g/mol. The maximum atomic E-state index is 14.0. The van der Waals surface area contributed by atoms with Crippen molar-refractivity contribution in [3.63, 3.8) is 0 Å². The Balaban J connectivity index is 1.60. The van der Waals surface area contributed by atoms with Crippen molar-refractivity contribution in [2.24, 2.45) is 11.8 Å². The van der Waals surface area contributed by atoms with E-state index in [1.807, 2.05) is 44.2 Å². The molecule has 1 fully saturated rings. The summed E-state index contributed by atoms with van der Waals surface area (Å²) >= 11 is 6.04. The Morgan fingerprint density at radius 2 is 1.69 bits per heavy atom. The van der Waals surface area contributed by atoms with Gasteiger partial charge < -0.3 is 21.1 Å². The minimum atomic E-state index is -4.13. The molecule has 0 saturated carbocycles. The van der Waals surface area contributed by atoms with Crippen molar-refractivity contribution in [2.75, 3.05) is 25.4 Å². The number of carbonyl (C=O) groups excluding carboxylic acids is 3. The fraction of sp³-hybridized carbons (Fsp3) is 0.412. The third-order valence-corrected chi connectivity index (χ3v) is 10.2. The summed E-state index contributed by atoms with van der Waals surface area (Å²) in [6, 6.07) is 14.0. The number of aliphatic hydroxyl groups is 1. The van der Waals surface area contributed by atoms with Crippen LogP contribution in [-0.2, 0) is 32.6 Å². The molecule has 14 heteroatoms. The van der Waals surface area contributed by atoms with Crippen molar-refractivity contribution in [1.82, 2.24) is 24.4 Å². The lowest BCUT2D eigenvalue weighted by molar-refractivity contribution is -0.129. The number of halogens is 1. The largest absolute Gasteiger partial charge is 0.397 e. The number of nitrogens with two attached hydrogens (primary N) is 1. The molecule has 2 aromatic carbocycles. The van der Waals surface area contributed by atoms with E-state index in [4.69, 9.17) is 17.3 Å². The van der Waals surface area contributed by atoms with Crippen LogP contribution >= 0.6 is 11.6 Å². The standard InChI is InChI=1S/C34H43ClN6O6S/c1-22(2)18-39(48(46,47)26-10-11-27(35)28(36)17-26)20-30(42)29(16-24-8-6-5-7-9-24)38-33(44)32(23(3)4)41-21-31(43)40(34(41)45)19-25-12-14-37-15-13-25/h5-15,17,22-23,29-30,32,42H,16,18-21,36H2,1-4H3,(H,38,44)/t29-,30+,32?/m0/s1. The first-order valence-corrected chi connectivity index (χ1v) is 17.6. The monoisotopic (exact) mass is 698 g/mol. The first-order valence-electron chi connectivity index (χ1n) is 15.8. The van der Waals surface area contributed by atoms with Gasteiger partial charge in [-0.1, -0.05) is 69.6 Å². The number of amides is 4. The van der Waals surface area contributed by atoms with Crippen LogP contribution in [0.1, 0.15) is 38.8 Å². The molecular formula is C34H43ClN6O6S. The quantitative estimate of drug-likeness (QED) is 0.160. The van der Waals surface area contributed by atoms with E-state index < -0.39 is 52.0 Å². The van der Waals surface area contributed by atoms with Gasteiger partial charge in [0, 0.05) is 25.5 Å².